The van der Waals surface area contributed by atoms with E-state index in [0.29, 0.717) is 0 Å². The zero-order chi connectivity index (χ0) is 8.27. The Bertz CT molecular complexity index is 215. The van der Waals surface area contributed by atoms with Crippen molar-refractivity contribution < 1.29 is 9.90 Å². The highest BCUT2D eigenvalue weighted by atomic mass is 35.5. The predicted molar refractivity (Wildman–Crippen MR) is 40.5 cm³/mol. The molecular weight excluding hydrogens is 168 g/mol. The van der Waals surface area contributed by atoms with E-state index in [1.165, 1.54) is 11.1 Å². The summed E-state index contributed by atoms with van der Waals surface area (Å²) in [6.07, 6.45) is 6.42. The van der Waals surface area contributed by atoms with Gasteiger partial charge in [-0.3, -0.25) is 5.01 Å². The zero-order valence-corrected chi connectivity index (χ0v) is 6.32. The van der Waals surface area contributed by atoms with Crippen LogP contribution in [0.2, 0.25) is 0 Å². The number of hydrogen-bond acceptors (Lipinski definition) is 3. The lowest BCUT2D eigenvalue weighted by Crippen LogP contribution is -2.41. The van der Waals surface area contributed by atoms with Crippen LogP contribution < -0.4 is 4.94 Å². The molecule has 1 aliphatic rings. The molecule has 11 heavy (non-hydrogen) atoms. The summed E-state index contributed by atoms with van der Waals surface area (Å²) in [5.74, 6) is -0.946. The van der Waals surface area contributed by atoms with Crippen molar-refractivity contribution in [2.45, 2.75) is 6.04 Å². The highest BCUT2D eigenvalue weighted by Gasteiger charge is 2.20. The van der Waals surface area contributed by atoms with E-state index >= 15 is 0 Å². The molecule has 1 rings (SSSR count). The molecule has 1 heterocycles. The molecule has 2 N–H and O–H groups in total. The van der Waals surface area contributed by atoms with Gasteiger partial charge in [-0.15, -0.1) is 4.94 Å². The van der Waals surface area contributed by atoms with Gasteiger partial charge in [-0.1, -0.05) is 6.08 Å². The molecule has 0 aromatic heterocycles. The van der Waals surface area contributed by atoms with Crippen molar-refractivity contribution in [2.75, 3.05) is 0 Å². The molecule has 0 fully saturated rings. The van der Waals surface area contributed by atoms with Gasteiger partial charge < -0.3 is 5.11 Å². The molecular formula is C6H7ClN2O2. The zero-order valence-electron chi connectivity index (χ0n) is 5.57. The third kappa shape index (κ3) is 1.72. The van der Waals surface area contributed by atoms with Crippen molar-refractivity contribution in [2.24, 2.45) is 0 Å². The van der Waals surface area contributed by atoms with Crippen LogP contribution in [0.1, 0.15) is 0 Å². The highest BCUT2D eigenvalue weighted by molar-refractivity contribution is 6.13. The molecule has 0 aromatic rings. The number of carbonyl (C=O) groups is 1. The number of hydrazine groups is 1. The maximum atomic E-state index is 10.5. The van der Waals surface area contributed by atoms with Crippen LogP contribution in [0.5, 0.6) is 0 Å². The summed E-state index contributed by atoms with van der Waals surface area (Å²) in [5.41, 5.74) is 0. The number of nitrogens with one attached hydrogen (secondary N) is 1. The van der Waals surface area contributed by atoms with Crippen LogP contribution in [-0.4, -0.2) is 22.1 Å². The molecule has 60 valence electrons. The first-order valence-electron chi connectivity index (χ1n) is 2.98. The van der Waals surface area contributed by atoms with E-state index in [1.807, 2.05) is 0 Å². The maximum Gasteiger partial charge on any atom is 0.331 e. The SMILES string of the molecule is O=C(O)C1C=CC=CN1NCl. The number of carboxylic acid groups (broad SMARTS) is 1. The lowest BCUT2D eigenvalue weighted by molar-refractivity contribution is -0.140. The van der Waals surface area contributed by atoms with Gasteiger partial charge >= 0.3 is 5.97 Å². The van der Waals surface area contributed by atoms with Crippen LogP contribution in [0.15, 0.2) is 24.4 Å². The number of halogens is 1. The van der Waals surface area contributed by atoms with E-state index in [-0.39, 0.29) is 0 Å². The second-order valence-corrected chi connectivity index (χ2v) is 2.17. The van der Waals surface area contributed by atoms with Gasteiger partial charge in [-0.2, -0.15) is 0 Å². The lowest BCUT2D eigenvalue weighted by atomic mass is 10.2. The van der Waals surface area contributed by atoms with E-state index in [0.717, 1.165) is 0 Å². The first kappa shape index (κ1) is 8.10. The van der Waals surface area contributed by atoms with Crippen LogP contribution in [0, 0.1) is 0 Å². The Morgan fingerprint density at radius 1 is 1.64 bits per heavy atom. The van der Waals surface area contributed by atoms with Gasteiger partial charge in [-0.25, -0.2) is 4.79 Å². The van der Waals surface area contributed by atoms with Gasteiger partial charge in [0, 0.05) is 6.20 Å². The summed E-state index contributed by atoms with van der Waals surface area (Å²) in [4.78, 5) is 12.7. The number of rotatable bonds is 2. The third-order valence-corrected chi connectivity index (χ3v) is 1.50. The van der Waals surface area contributed by atoms with E-state index in [4.69, 9.17) is 16.9 Å². The van der Waals surface area contributed by atoms with Gasteiger partial charge in [0.05, 0.1) is 0 Å². The Labute approximate surface area is 68.8 Å². The summed E-state index contributed by atoms with van der Waals surface area (Å²) >= 11 is 5.25. The Morgan fingerprint density at radius 2 is 2.36 bits per heavy atom. The van der Waals surface area contributed by atoms with Crippen LogP contribution in [-0.2, 0) is 4.79 Å². The Balaban J connectivity index is 2.70. The molecule has 0 saturated carbocycles. The van der Waals surface area contributed by atoms with Gasteiger partial charge in [0.1, 0.15) is 0 Å². The molecule has 0 aromatic carbocycles. The number of allylic oxidation sites excluding steroid dienone is 2. The quantitative estimate of drug-likeness (QED) is 0.598. The predicted octanol–water partition coefficient (Wildman–Crippen LogP) is 0.484. The molecule has 0 amide bonds. The minimum atomic E-state index is -0.946. The molecule has 4 nitrogen and oxygen atoms in total. The van der Waals surface area contributed by atoms with Crippen molar-refractivity contribution in [1.82, 2.24) is 9.95 Å². The molecule has 0 radical (unpaired) electrons. The second-order valence-electron chi connectivity index (χ2n) is 2.00. The molecule has 1 aliphatic heterocycles. The van der Waals surface area contributed by atoms with Crippen LogP contribution in [0.25, 0.3) is 0 Å². The molecule has 0 bridgehead atoms. The Hall–Kier alpha value is -1.00. The van der Waals surface area contributed by atoms with Gasteiger partial charge in [-0.05, 0) is 23.9 Å². The Kier molecular flexibility index (Phi) is 2.51. The average molecular weight is 175 g/mol. The topological polar surface area (TPSA) is 52.6 Å². The minimum absolute atomic E-state index is 0.725. The van der Waals surface area contributed by atoms with Crippen molar-refractivity contribution in [1.29, 1.82) is 0 Å². The molecule has 0 saturated heterocycles. The summed E-state index contributed by atoms with van der Waals surface area (Å²) in [6.45, 7) is 0. The summed E-state index contributed by atoms with van der Waals surface area (Å²) in [6, 6.07) is -0.725. The monoisotopic (exact) mass is 174 g/mol. The largest absolute Gasteiger partial charge is 0.479 e. The number of nitrogens with zero attached hydrogens (tertiary/aromatic N) is 1. The standard InChI is InChI=1S/C6H7ClN2O2/c7-8-9-4-2-1-3-5(9)6(10)11/h1-5,8H,(H,10,11). The normalized spacial score (nSPS) is 22.3. The fraction of sp³-hybridized carbons (Fsp3) is 0.167. The molecule has 0 spiro atoms. The smallest absolute Gasteiger partial charge is 0.331 e. The van der Waals surface area contributed by atoms with E-state index < -0.39 is 12.0 Å². The molecule has 0 aliphatic carbocycles. The lowest BCUT2D eigenvalue weighted by Gasteiger charge is -2.23. The number of carboxylic acids is 1. The van der Waals surface area contributed by atoms with Gasteiger partial charge in [0.2, 0.25) is 0 Å². The third-order valence-electron chi connectivity index (χ3n) is 1.30. The van der Waals surface area contributed by atoms with E-state index in [1.54, 1.807) is 18.4 Å². The maximum absolute atomic E-state index is 10.5. The van der Waals surface area contributed by atoms with E-state index in [9.17, 15) is 4.79 Å². The van der Waals surface area contributed by atoms with E-state index in [2.05, 4.69) is 4.94 Å². The summed E-state index contributed by atoms with van der Waals surface area (Å²) in [7, 11) is 0. The average Bonchev–Trinajstić information content (AvgIpc) is 2.04. The first-order chi connectivity index (χ1) is 5.25. The van der Waals surface area contributed by atoms with Crippen molar-refractivity contribution in [3.05, 3.63) is 24.4 Å². The van der Waals surface area contributed by atoms with Crippen LogP contribution >= 0.6 is 11.8 Å². The Morgan fingerprint density at radius 3 is 2.82 bits per heavy atom. The van der Waals surface area contributed by atoms with Crippen molar-refractivity contribution in [3.8, 4) is 0 Å². The van der Waals surface area contributed by atoms with Crippen molar-refractivity contribution in [3.63, 3.8) is 0 Å². The minimum Gasteiger partial charge on any atom is -0.479 e. The number of hydrogen-bond donors (Lipinski definition) is 2. The van der Waals surface area contributed by atoms with Gasteiger partial charge in [0.15, 0.2) is 6.04 Å². The number of aliphatic carboxylic acids is 1. The second kappa shape index (κ2) is 3.41. The van der Waals surface area contributed by atoms with Crippen LogP contribution in [0.4, 0.5) is 0 Å². The fourth-order valence-corrected chi connectivity index (χ4v) is 0.941. The first-order valence-corrected chi connectivity index (χ1v) is 3.36. The fourth-order valence-electron chi connectivity index (χ4n) is 0.779. The summed E-state index contributed by atoms with van der Waals surface area (Å²) < 4.78 is 0. The van der Waals surface area contributed by atoms with Crippen molar-refractivity contribution >= 4 is 17.7 Å². The van der Waals surface area contributed by atoms with Crippen LogP contribution in [0.3, 0.4) is 0 Å². The summed E-state index contributed by atoms with van der Waals surface area (Å²) in [5, 5.41) is 9.90. The molecule has 1 unspecified atom stereocenters. The highest BCUT2D eigenvalue weighted by Crippen LogP contribution is 2.05. The van der Waals surface area contributed by atoms with Gasteiger partial charge in [0.25, 0.3) is 0 Å². The molecule has 1 atom stereocenters. The molecule has 5 heteroatoms.